The lowest BCUT2D eigenvalue weighted by molar-refractivity contribution is 0.0551. The Morgan fingerprint density at radius 1 is 0.885 bits per heavy atom. The summed E-state index contributed by atoms with van der Waals surface area (Å²) < 4.78 is 6.87. The second kappa shape index (κ2) is 6.44. The molecule has 0 aliphatic rings. The van der Waals surface area contributed by atoms with Gasteiger partial charge in [-0.3, -0.25) is 0 Å². The highest BCUT2D eigenvalue weighted by Gasteiger charge is 2.24. The Bertz CT molecular complexity index is 925. The van der Waals surface area contributed by atoms with Crippen molar-refractivity contribution < 1.29 is 29.6 Å². The summed E-state index contributed by atoms with van der Waals surface area (Å²) in [6.45, 7) is 5.29. The largest absolute Gasteiger partial charge is 0.488 e. The van der Waals surface area contributed by atoms with Crippen molar-refractivity contribution in [3.63, 3.8) is 0 Å². The molecule has 0 amide bonds. The maximum Gasteiger partial charge on any atom is 0.488 e. The molecule has 3 aromatic rings. The second-order valence-electron chi connectivity index (χ2n) is 7.12. The topological polar surface area (TPSA) is 112 Å². The minimum absolute atomic E-state index is 0.260. The zero-order valence-corrected chi connectivity index (χ0v) is 14.7. The first-order chi connectivity index (χ1) is 12.1. The fourth-order valence-electron chi connectivity index (χ4n) is 2.88. The third-order valence-corrected chi connectivity index (χ3v) is 3.99. The van der Waals surface area contributed by atoms with Gasteiger partial charge < -0.3 is 24.8 Å². The minimum Gasteiger partial charge on any atom is -0.443 e. The summed E-state index contributed by atoms with van der Waals surface area (Å²) in [6, 6.07) is 9.32. The van der Waals surface area contributed by atoms with Gasteiger partial charge in [0.2, 0.25) is 0 Å². The van der Waals surface area contributed by atoms with Crippen LogP contribution in [0.5, 0.6) is 0 Å². The molecule has 1 aromatic heterocycles. The number of benzene rings is 2. The maximum absolute atomic E-state index is 12.7. The fraction of sp³-hybridized carbons (Fsp3) is 0.235. The predicted octanol–water partition coefficient (Wildman–Crippen LogP) is -0.0627. The van der Waals surface area contributed by atoms with Crippen LogP contribution in [-0.2, 0) is 4.74 Å². The zero-order chi connectivity index (χ0) is 19.2. The molecule has 26 heavy (non-hydrogen) atoms. The maximum atomic E-state index is 12.7. The van der Waals surface area contributed by atoms with E-state index >= 15 is 0 Å². The first kappa shape index (κ1) is 18.5. The average Bonchev–Trinajstić information content (AvgIpc) is 2.85. The molecule has 0 fully saturated rings. The number of hydrogen-bond acceptors (Lipinski definition) is 6. The van der Waals surface area contributed by atoms with E-state index in [1.807, 2.05) is 0 Å². The molecular formula is C17H19B2NO6. The molecule has 0 saturated carbocycles. The van der Waals surface area contributed by atoms with E-state index in [4.69, 9.17) is 4.74 Å². The summed E-state index contributed by atoms with van der Waals surface area (Å²) in [6.07, 6.45) is -0.577. The number of carbonyl (C=O) groups is 1. The van der Waals surface area contributed by atoms with Gasteiger partial charge in [0.05, 0.1) is 11.0 Å². The van der Waals surface area contributed by atoms with Gasteiger partial charge in [0, 0.05) is 10.8 Å². The lowest BCUT2D eigenvalue weighted by atomic mass is 9.78. The summed E-state index contributed by atoms with van der Waals surface area (Å²) in [5, 5.41) is 38.9. The molecule has 7 nitrogen and oxygen atoms in total. The van der Waals surface area contributed by atoms with Crippen molar-refractivity contribution in [3.05, 3.63) is 36.4 Å². The SMILES string of the molecule is CC(C)(C)OC(=O)n1c2ccc(B(O)O)cc2c2cc(B(O)O)ccc21. The van der Waals surface area contributed by atoms with Crippen LogP contribution in [0.1, 0.15) is 20.8 Å². The molecule has 0 radical (unpaired) electrons. The molecule has 0 aliphatic carbocycles. The third-order valence-electron chi connectivity index (χ3n) is 3.99. The molecule has 1 heterocycles. The Kier molecular flexibility index (Phi) is 4.58. The summed E-state index contributed by atoms with van der Waals surface area (Å²) in [5.74, 6) is 0. The predicted molar refractivity (Wildman–Crippen MR) is 101 cm³/mol. The monoisotopic (exact) mass is 355 g/mol. The zero-order valence-electron chi connectivity index (χ0n) is 14.7. The van der Waals surface area contributed by atoms with Crippen molar-refractivity contribution in [2.45, 2.75) is 26.4 Å². The van der Waals surface area contributed by atoms with E-state index in [1.165, 1.54) is 16.7 Å². The Balaban J connectivity index is 2.33. The van der Waals surface area contributed by atoms with Gasteiger partial charge in [-0.1, -0.05) is 24.3 Å². The summed E-state index contributed by atoms with van der Waals surface area (Å²) in [4.78, 5) is 12.7. The van der Waals surface area contributed by atoms with Gasteiger partial charge in [0.25, 0.3) is 0 Å². The lowest BCUT2D eigenvalue weighted by Crippen LogP contribution is -2.29. The quantitative estimate of drug-likeness (QED) is 0.479. The molecule has 0 atom stereocenters. The highest BCUT2D eigenvalue weighted by atomic mass is 16.6. The molecule has 0 bridgehead atoms. The molecule has 134 valence electrons. The Hall–Kier alpha value is -2.32. The molecule has 0 saturated heterocycles. The number of carbonyl (C=O) groups excluding carboxylic acids is 1. The number of nitrogens with zero attached hydrogens (tertiary/aromatic N) is 1. The van der Waals surface area contributed by atoms with Gasteiger partial charge in [0.15, 0.2) is 0 Å². The second-order valence-corrected chi connectivity index (χ2v) is 7.12. The highest BCUT2D eigenvalue weighted by Crippen LogP contribution is 2.29. The highest BCUT2D eigenvalue weighted by molar-refractivity contribution is 6.59. The van der Waals surface area contributed by atoms with Crippen LogP contribution in [0.2, 0.25) is 0 Å². The van der Waals surface area contributed by atoms with Crippen LogP contribution in [0.15, 0.2) is 36.4 Å². The van der Waals surface area contributed by atoms with Crippen LogP contribution in [-0.4, -0.2) is 50.6 Å². The van der Waals surface area contributed by atoms with Crippen molar-refractivity contribution in [2.75, 3.05) is 0 Å². The van der Waals surface area contributed by atoms with Gasteiger partial charge in [-0.05, 0) is 43.8 Å². The van der Waals surface area contributed by atoms with Gasteiger partial charge in [-0.15, -0.1) is 0 Å². The van der Waals surface area contributed by atoms with Crippen molar-refractivity contribution in [1.82, 2.24) is 4.57 Å². The summed E-state index contributed by atoms with van der Waals surface area (Å²) >= 11 is 0. The number of ether oxygens (including phenoxy) is 1. The van der Waals surface area contributed by atoms with Crippen LogP contribution in [0.25, 0.3) is 21.8 Å². The molecule has 3 rings (SSSR count). The summed E-state index contributed by atoms with van der Waals surface area (Å²) in [5.41, 5.74) is 0.862. The normalized spacial score (nSPS) is 11.8. The van der Waals surface area contributed by atoms with E-state index in [2.05, 4.69) is 0 Å². The lowest BCUT2D eigenvalue weighted by Gasteiger charge is -2.20. The Morgan fingerprint density at radius 2 is 1.31 bits per heavy atom. The molecule has 9 heteroatoms. The van der Waals surface area contributed by atoms with Gasteiger partial charge in [-0.25, -0.2) is 9.36 Å². The van der Waals surface area contributed by atoms with E-state index in [9.17, 15) is 24.9 Å². The first-order valence-corrected chi connectivity index (χ1v) is 8.12. The van der Waals surface area contributed by atoms with Crippen LogP contribution in [0.4, 0.5) is 4.79 Å². The van der Waals surface area contributed by atoms with E-state index < -0.39 is 25.9 Å². The average molecular weight is 355 g/mol. The fourth-order valence-corrected chi connectivity index (χ4v) is 2.88. The minimum atomic E-state index is -1.66. The number of aromatic nitrogens is 1. The van der Waals surface area contributed by atoms with Crippen molar-refractivity contribution >= 4 is 53.1 Å². The van der Waals surface area contributed by atoms with E-state index in [0.29, 0.717) is 21.8 Å². The van der Waals surface area contributed by atoms with E-state index in [1.54, 1.807) is 45.0 Å². The third kappa shape index (κ3) is 3.34. The van der Waals surface area contributed by atoms with Crippen LogP contribution in [0.3, 0.4) is 0 Å². The summed E-state index contributed by atoms with van der Waals surface area (Å²) in [7, 11) is -3.32. The van der Waals surface area contributed by atoms with Crippen molar-refractivity contribution in [1.29, 1.82) is 0 Å². The Morgan fingerprint density at radius 3 is 1.65 bits per heavy atom. The van der Waals surface area contributed by atoms with Crippen LogP contribution in [0, 0.1) is 0 Å². The van der Waals surface area contributed by atoms with Gasteiger partial charge in [-0.2, -0.15) is 0 Å². The molecule has 0 spiro atoms. The number of rotatable bonds is 2. The smallest absolute Gasteiger partial charge is 0.443 e. The molecular weight excluding hydrogens is 336 g/mol. The molecule has 0 unspecified atom stereocenters. The van der Waals surface area contributed by atoms with Gasteiger partial charge in [0.1, 0.15) is 5.60 Å². The number of fused-ring (bicyclic) bond motifs is 3. The molecule has 0 aliphatic heterocycles. The van der Waals surface area contributed by atoms with Crippen LogP contribution >= 0.6 is 0 Å². The molecule has 2 aromatic carbocycles. The number of hydrogen-bond donors (Lipinski definition) is 4. The standard InChI is InChI=1S/C17H19B2NO6/c1-17(2,3)26-16(21)20-14-6-4-10(18(22)23)8-12(14)13-9-11(19(24)25)5-7-15(13)20/h4-9,22-25H,1-3H3. The molecule has 4 N–H and O–H groups in total. The van der Waals surface area contributed by atoms with Crippen molar-refractivity contribution in [3.8, 4) is 0 Å². The first-order valence-electron chi connectivity index (χ1n) is 8.12. The van der Waals surface area contributed by atoms with E-state index in [0.717, 1.165) is 0 Å². The van der Waals surface area contributed by atoms with Gasteiger partial charge >= 0.3 is 20.3 Å². The van der Waals surface area contributed by atoms with E-state index in [-0.39, 0.29) is 10.9 Å². The Labute approximate surface area is 150 Å². The van der Waals surface area contributed by atoms with Crippen molar-refractivity contribution in [2.24, 2.45) is 0 Å². The van der Waals surface area contributed by atoms with Crippen LogP contribution < -0.4 is 10.9 Å².